The summed E-state index contributed by atoms with van der Waals surface area (Å²) in [6.45, 7) is 3.65. The highest BCUT2D eigenvalue weighted by Gasteiger charge is 2.31. The molecule has 1 saturated carbocycles. The van der Waals surface area contributed by atoms with Crippen LogP contribution in [-0.2, 0) is 0 Å². The number of hydrogen-bond acceptors (Lipinski definition) is 3. The normalized spacial score (nSPS) is 21.1. The average Bonchev–Trinajstić information content (AvgIpc) is 2.51. The molecule has 0 bridgehead atoms. The van der Waals surface area contributed by atoms with Crippen LogP contribution in [0.15, 0.2) is 30.5 Å². The maximum Gasteiger partial charge on any atom is 0.0538 e. The van der Waals surface area contributed by atoms with Gasteiger partial charge in [0.1, 0.15) is 0 Å². The second-order valence-corrected chi connectivity index (χ2v) is 7.10. The Kier molecular flexibility index (Phi) is 3.75. The molecule has 3 heteroatoms. The van der Waals surface area contributed by atoms with E-state index in [1.165, 1.54) is 68.2 Å². The summed E-state index contributed by atoms with van der Waals surface area (Å²) in [5.41, 5.74) is 7.99. The maximum absolute atomic E-state index is 5.89. The van der Waals surface area contributed by atoms with E-state index in [2.05, 4.69) is 28.1 Å². The van der Waals surface area contributed by atoms with Crippen LogP contribution >= 0.6 is 0 Å². The monoisotopic (exact) mass is 295 g/mol. The number of benzene rings is 1. The number of nitrogens with two attached hydrogens (primary N) is 1. The number of nitrogens with zero attached hydrogens (tertiary/aromatic N) is 2. The summed E-state index contributed by atoms with van der Waals surface area (Å²) in [6, 6.07) is 8.25. The van der Waals surface area contributed by atoms with Crippen molar-refractivity contribution in [3.8, 4) is 0 Å². The number of aromatic nitrogens is 1. The van der Waals surface area contributed by atoms with Crippen molar-refractivity contribution in [2.75, 3.05) is 25.4 Å². The van der Waals surface area contributed by atoms with Gasteiger partial charge in [-0.2, -0.15) is 0 Å². The first-order chi connectivity index (χ1) is 10.8. The van der Waals surface area contributed by atoms with Crippen molar-refractivity contribution < 1.29 is 0 Å². The van der Waals surface area contributed by atoms with Crippen molar-refractivity contribution in [1.29, 1.82) is 0 Å². The first-order valence-corrected chi connectivity index (χ1v) is 8.66. The third kappa shape index (κ3) is 2.70. The van der Waals surface area contributed by atoms with Crippen molar-refractivity contribution in [3.05, 3.63) is 36.2 Å². The average molecular weight is 295 g/mol. The van der Waals surface area contributed by atoms with E-state index >= 15 is 0 Å². The summed E-state index contributed by atoms with van der Waals surface area (Å²) in [4.78, 5) is 7.30. The van der Waals surface area contributed by atoms with Crippen molar-refractivity contribution in [2.45, 2.75) is 38.0 Å². The summed E-state index contributed by atoms with van der Waals surface area (Å²) in [5.74, 6) is 1.53. The van der Waals surface area contributed by atoms with Crippen LogP contribution in [0.25, 0.3) is 10.8 Å². The summed E-state index contributed by atoms with van der Waals surface area (Å²) >= 11 is 0. The Morgan fingerprint density at radius 2 is 1.91 bits per heavy atom. The Bertz CT molecular complexity index is 655. The van der Waals surface area contributed by atoms with Crippen LogP contribution in [0.5, 0.6) is 0 Å². The van der Waals surface area contributed by atoms with Crippen LogP contribution < -0.4 is 5.73 Å². The van der Waals surface area contributed by atoms with E-state index in [0.717, 1.165) is 11.6 Å². The van der Waals surface area contributed by atoms with Crippen LogP contribution in [0.1, 0.15) is 43.7 Å². The van der Waals surface area contributed by atoms with Gasteiger partial charge in [0, 0.05) is 42.8 Å². The molecule has 1 aliphatic carbocycles. The van der Waals surface area contributed by atoms with Crippen molar-refractivity contribution >= 4 is 16.5 Å². The lowest BCUT2D eigenvalue weighted by Crippen LogP contribution is -2.47. The lowest BCUT2D eigenvalue weighted by molar-refractivity contribution is 0.110. The minimum Gasteiger partial charge on any atom is -0.399 e. The van der Waals surface area contributed by atoms with Gasteiger partial charge < -0.3 is 10.6 Å². The predicted molar refractivity (Wildman–Crippen MR) is 91.9 cm³/mol. The van der Waals surface area contributed by atoms with Crippen LogP contribution in [0.2, 0.25) is 0 Å². The molecule has 2 N–H and O–H groups in total. The van der Waals surface area contributed by atoms with E-state index < -0.39 is 0 Å². The van der Waals surface area contributed by atoms with Gasteiger partial charge >= 0.3 is 0 Å². The van der Waals surface area contributed by atoms with Crippen LogP contribution in [0.4, 0.5) is 5.69 Å². The molecule has 1 aromatic heterocycles. The van der Waals surface area contributed by atoms with Crippen LogP contribution in [0, 0.1) is 5.92 Å². The Hall–Kier alpha value is -1.61. The molecule has 3 nitrogen and oxygen atoms in total. The quantitative estimate of drug-likeness (QED) is 0.876. The highest BCUT2D eigenvalue weighted by molar-refractivity contribution is 5.87. The molecule has 0 radical (unpaired) electrons. The molecule has 1 aliphatic heterocycles. The molecular formula is C19H25N3. The van der Waals surface area contributed by atoms with Gasteiger partial charge in [-0.05, 0) is 42.3 Å². The van der Waals surface area contributed by atoms with Gasteiger partial charge in [0.05, 0.1) is 5.69 Å². The molecule has 4 rings (SSSR count). The van der Waals surface area contributed by atoms with Crippen molar-refractivity contribution in [1.82, 2.24) is 9.88 Å². The molecule has 1 aromatic carbocycles. The van der Waals surface area contributed by atoms with E-state index in [1.807, 2.05) is 12.3 Å². The third-order valence-electron chi connectivity index (χ3n) is 5.40. The predicted octanol–water partition coefficient (Wildman–Crippen LogP) is 3.80. The smallest absolute Gasteiger partial charge is 0.0538 e. The molecule has 116 valence electrons. The molecule has 0 amide bonds. The van der Waals surface area contributed by atoms with Crippen LogP contribution in [-0.4, -0.2) is 29.5 Å². The number of anilines is 1. The fourth-order valence-corrected chi connectivity index (χ4v) is 4.17. The number of pyridine rings is 1. The van der Waals surface area contributed by atoms with Gasteiger partial charge in [0.2, 0.25) is 0 Å². The zero-order valence-corrected chi connectivity index (χ0v) is 13.2. The molecule has 0 spiro atoms. The largest absolute Gasteiger partial charge is 0.399 e. The standard InChI is InChI=1S/C19H25N3/c20-17-6-7-18-15(10-17)8-9-21-19(18)16-12-22(13-16)11-14-4-2-1-3-5-14/h6-10,14,16H,1-5,11-13,20H2. The van der Waals surface area contributed by atoms with E-state index in [1.54, 1.807) is 0 Å². The van der Waals surface area contributed by atoms with E-state index in [-0.39, 0.29) is 0 Å². The lowest BCUT2D eigenvalue weighted by Gasteiger charge is -2.41. The number of rotatable bonds is 3. The second-order valence-electron chi connectivity index (χ2n) is 7.10. The topological polar surface area (TPSA) is 42.1 Å². The van der Waals surface area contributed by atoms with Gasteiger partial charge in [-0.3, -0.25) is 4.98 Å². The number of nitrogen functional groups attached to an aromatic ring is 1. The summed E-state index contributed by atoms with van der Waals surface area (Å²) < 4.78 is 0. The lowest BCUT2D eigenvalue weighted by atomic mass is 9.86. The molecule has 2 aliphatic rings. The van der Waals surface area contributed by atoms with Gasteiger partial charge in [-0.15, -0.1) is 0 Å². The zero-order valence-electron chi connectivity index (χ0n) is 13.2. The zero-order chi connectivity index (χ0) is 14.9. The van der Waals surface area contributed by atoms with Gasteiger partial charge in [-0.1, -0.05) is 25.3 Å². The maximum atomic E-state index is 5.89. The minimum absolute atomic E-state index is 0.593. The Morgan fingerprint density at radius 1 is 1.09 bits per heavy atom. The Balaban J connectivity index is 1.44. The van der Waals surface area contributed by atoms with Crippen LogP contribution in [0.3, 0.4) is 0 Å². The van der Waals surface area contributed by atoms with E-state index in [9.17, 15) is 0 Å². The van der Waals surface area contributed by atoms with Gasteiger partial charge in [-0.25, -0.2) is 0 Å². The minimum atomic E-state index is 0.593. The molecule has 0 unspecified atom stereocenters. The molecule has 2 fully saturated rings. The fraction of sp³-hybridized carbons (Fsp3) is 0.526. The molecular weight excluding hydrogens is 270 g/mol. The highest BCUT2D eigenvalue weighted by Crippen LogP contribution is 2.33. The highest BCUT2D eigenvalue weighted by atomic mass is 15.2. The van der Waals surface area contributed by atoms with Gasteiger partial charge in [0.15, 0.2) is 0 Å². The van der Waals surface area contributed by atoms with E-state index in [4.69, 9.17) is 5.73 Å². The van der Waals surface area contributed by atoms with E-state index in [0.29, 0.717) is 5.92 Å². The third-order valence-corrected chi connectivity index (χ3v) is 5.40. The summed E-state index contributed by atoms with van der Waals surface area (Å²) in [6.07, 6.45) is 9.13. The van der Waals surface area contributed by atoms with Crippen molar-refractivity contribution in [3.63, 3.8) is 0 Å². The van der Waals surface area contributed by atoms with Gasteiger partial charge in [0.25, 0.3) is 0 Å². The first-order valence-electron chi connectivity index (χ1n) is 8.66. The Labute approximate surface area is 132 Å². The molecule has 22 heavy (non-hydrogen) atoms. The number of fused-ring (bicyclic) bond motifs is 1. The number of likely N-dealkylation sites (tertiary alicyclic amines) is 1. The Morgan fingerprint density at radius 3 is 2.73 bits per heavy atom. The first kappa shape index (κ1) is 14.0. The molecule has 2 aromatic rings. The summed E-state index contributed by atoms with van der Waals surface area (Å²) in [7, 11) is 0. The molecule has 1 saturated heterocycles. The molecule has 2 heterocycles. The molecule has 0 atom stereocenters. The van der Waals surface area contributed by atoms with Crippen molar-refractivity contribution in [2.24, 2.45) is 5.92 Å². The summed E-state index contributed by atoms with van der Waals surface area (Å²) in [5, 5.41) is 2.50. The SMILES string of the molecule is Nc1ccc2c(C3CN(CC4CCCCC4)C3)nccc2c1. The number of hydrogen-bond donors (Lipinski definition) is 1. The second kappa shape index (κ2) is 5.88. The fourth-order valence-electron chi connectivity index (χ4n) is 4.17.